The first-order chi connectivity index (χ1) is 10.2. The highest BCUT2D eigenvalue weighted by molar-refractivity contribution is 5.54. The van der Waals surface area contributed by atoms with Crippen LogP contribution >= 0.6 is 0 Å². The van der Waals surface area contributed by atoms with Crippen LogP contribution in [0.5, 0.6) is 0 Å². The lowest BCUT2D eigenvalue weighted by Crippen LogP contribution is -2.31. The monoisotopic (exact) mass is 287 g/mol. The van der Waals surface area contributed by atoms with Crippen molar-refractivity contribution < 1.29 is 4.92 Å². The van der Waals surface area contributed by atoms with E-state index in [0.29, 0.717) is 0 Å². The summed E-state index contributed by atoms with van der Waals surface area (Å²) in [6.45, 7) is 4.48. The topological polar surface area (TPSA) is 49.6 Å². The van der Waals surface area contributed by atoms with Crippen molar-refractivity contribution in [3.8, 4) is 0 Å². The molecule has 0 bridgehead atoms. The predicted molar refractivity (Wildman–Crippen MR) is 82.7 cm³/mol. The number of nitro groups is 1. The van der Waals surface area contributed by atoms with Crippen LogP contribution in [0.4, 0.5) is 5.69 Å². The summed E-state index contributed by atoms with van der Waals surface area (Å²) in [5.74, 6) is 1.29. The molecule has 0 N–H and O–H groups in total. The van der Waals surface area contributed by atoms with Gasteiger partial charge in [0.15, 0.2) is 0 Å². The van der Waals surface area contributed by atoms with Gasteiger partial charge >= 0.3 is 0 Å². The largest absolute Gasteiger partial charge is 0.358 e. The van der Waals surface area contributed by atoms with E-state index in [1.807, 2.05) is 12.1 Å². The zero-order valence-corrected chi connectivity index (χ0v) is 12.2. The number of benzene rings is 1. The van der Waals surface area contributed by atoms with Crippen molar-refractivity contribution in [2.45, 2.75) is 25.7 Å². The molecule has 21 heavy (non-hydrogen) atoms. The maximum absolute atomic E-state index is 10.7. The molecule has 0 atom stereocenters. The van der Waals surface area contributed by atoms with Crippen LogP contribution < -0.4 is 0 Å². The molecule has 5 nitrogen and oxygen atoms in total. The lowest BCUT2D eigenvalue weighted by molar-refractivity contribution is -0.384. The van der Waals surface area contributed by atoms with Gasteiger partial charge in [0.05, 0.1) is 4.92 Å². The molecule has 112 valence electrons. The van der Waals surface area contributed by atoms with Crippen LogP contribution in [0.25, 0.3) is 6.08 Å². The minimum atomic E-state index is -0.352. The van der Waals surface area contributed by atoms with Gasteiger partial charge in [-0.05, 0) is 49.5 Å². The lowest BCUT2D eigenvalue weighted by Gasteiger charge is -2.30. The number of nitrogens with zero attached hydrogens (tertiary/aromatic N) is 3. The molecule has 0 unspecified atom stereocenters. The van der Waals surface area contributed by atoms with Crippen LogP contribution in [0.2, 0.25) is 0 Å². The molecular weight excluding hydrogens is 266 g/mol. The second-order valence-electron chi connectivity index (χ2n) is 5.74. The number of non-ortho nitro benzene ring substituents is 1. The molecule has 1 aromatic rings. The third kappa shape index (κ3) is 3.17. The van der Waals surface area contributed by atoms with E-state index in [2.05, 4.69) is 15.9 Å². The maximum atomic E-state index is 10.7. The van der Waals surface area contributed by atoms with Gasteiger partial charge in [-0.2, -0.15) is 0 Å². The summed E-state index contributed by atoms with van der Waals surface area (Å²) < 4.78 is 0. The van der Waals surface area contributed by atoms with E-state index in [-0.39, 0.29) is 10.6 Å². The zero-order chi connectivity index (χ0) is 14.7. The summed E-state index contributed by atoms with van der Waals surface area (Å²) in [5, 5.41) is 10.7. The standard InChI is InChI=1S/C16H21N3O2/c20-19(21)15-7-5-14(6-8-15)13-16(17-9-1-2-10-17)18-11-3-4-12-18/h5-8,13H,1-4,9-12H2. The third-order valence-electron chi connectivity index (χ3n) is 4.26. The minimum Gasteiger partial charge on any atom is -0.358 e. The van der Waals surface area contributed by atoms with Gasteiger partial charge in [0.25, 0.3) is 5.69 Å². The fraction of sp³-hybridized carbons (Fsp3) is 0.500. The van der Waals surface area contributed by atoms with Gasteiger partial charge in [-0.1, -0.05) is 0 Å². The Bertz CT molecular complexity index is 509. The minimum absolute atomic E-state index is 0.149. The van der Waals surface area contributed by atoms with Crippen molar-refractivity contribution in [2.24, 2.45) is 0 Å². The van der Waals surface area contributed by atoms with E-state index in [1.54, 1.807) is 12.1 Å². The van der Waals surface area contributed by atoms with Gasteiger partial charge in [0, 0.05) is 38.3 Å². The molecule has 2 saturated heterocycles. The Labute approximate surface area is 125 Å². The normalized spacial score (nSPS) is 18.1. The molecule has 2 aliphatic rings. The molecule has 0 aliphatic carbocycles. The number of likely N-dealkylation sites (tertiary alicyclic amines) is 2. The van der Waals surface area contributed by atoms with Crippen molar-refractivity contribution in [1.29, 1.82) is 0 Å². The molecule has 1 aromatic carbocycles. The van der Waals surface area contributed by atoms with E-state index in [1.165, 1.54) is 31.5 Å². The summed E-state index contributed by atoms with van der Waals surface area (Å²) >= 11 is 0. The van der Waals surface area contributed by atoms with Crippen molar-refractivity contribution in [3.05, 3.63) is 45.8 Å². The van der Waals surface area contributed by atoms with Gasteiger partial charge in [-0.15, -0.1) is 0 Å². The van der Waals surface area contributed by atoms with Crippen molar-refractivity contribution in [3.63, 3.8) is 0 Å². The van der Waals surface area contributed by atoms with Gasteiger partial charge in [0.2, 0.25) is 0 Å². The molecule has 0 amide bonds. The van der Waals surface area contributed by atoms with Crippen molar-refractivity contribution in [1.82, 2.24) is 9.80 Å². The first kappa shape index (κ1) is 13.9. The number of hydrogen-bond donors (Lipinski definition) is 0. The first-order valence-electron chi connectivity index (χ1n) is 7.70. The quantitative estimate of drug-likeness (QED) is 0.631. The Balaban J connectivity index is 1.85. The van der Waals surface area contributed by atoms with Crippen LogP contribution in [0.1, 0.15) is 31.2 Å². The lowest BCUT2D eigenvalue weighted by atomic mass is 10.2. The number of nitro benzene ring substituents is 1. The van der Waals surface area contributed by atoms with Crippen molar-refractivity contribution >= 4 is 11.8 Å². The molecule has 0 spiro atoms. The Morgan fingerprint density at radius 2 is 1.43 bits per heavy atom. The van der Waals surface area contributed by atoms with Crippen LogP contribution in [0, 0.1) is 10.1 Å². The maximum Gasteiger partial charge on any atom is 0.269 e. The Morgan fingerprint density at radius 3 is 1.86 bits per heavy atom. The molecule has 0 radical (unpaired) electrons. The highest BCUT2D eigenvalue weighted by Crippen LogP contribution is 2.25. The molecule has 0 saturated carbocycles. The highest BCUT2D eigenvalue weighted by Gasteiger charge is 2.22. The Hall–Kier alpha value is -2.04. The Morgan fingerprint density at radius 1 is 0.952 bits per heavy atom. The van der Waals surface area contributed by atoms with E-state index in [9.17, 15) is 10.1 Å². The summed E-state index contributed by atoms with van der Waals surface area (Å²) in [7, 11) is 0. The van der Waals surface area contributed by atoms with Crippen molar-refractivity contribution in [2.75, 3.05) is 26.2 Å². The summed E-state index contributed by atoms with van der Waals surface area (Å²) in [6, 6.07) is 6.84. The second kappa shape index (κ2) is 6.16. The predicted octanol–water partition coefficient (Wildman–Crippen LogP) is 3.08. The summed E-state index contributed by atoms with van der Waals surface area (Å²) in [4.78, 5) is 15.3. The van der Waals surface area contributed by atoms with E-state index < -0.39 is 0 Å². The van der Waals surface area contributed by atoms with Crippen LogP contribution in [-0.4, -0.2) is 40.9 Å². The van der Waals surface area contributed by atoms with Gasteiger partial charge in [0.1, 0.15) is 5.82 Å². The number of rotatable bonds is 4. The molecular formula is C16H21N3O2. The van der Waals surface area contributed by atoms with Gasteiger partial charge < -0.3 is 9.80 Å². The average Bonchev–Trinajstić information content (AvgIpc) is 3.19. The van der Waals surface area contributed by atoms with E-state index in [4.69, 9.17) is 0 Å². The average molecular weight is 287 g/mol. The SMILES string of the molecule is O=[N+]([O-])c1ccc(C=C(N2CCCC2)N2CCCC2)cc1. The summed E-state index contributed by atoms with van der Waals surface area (Å²) in [6.07, 6.45) is 7.20. The van der Waals surface area contributed by atoms with Gasteiger partial charge in [-0.3, -0.25) is 10.1 Å². The molecule has 5 heteroatoms. The van der Waals surface area contributed by atoms with Gasteiger partial charge in [-0.25, -0.2) is 0 Å². The van der Waals surface area contributed by atoms with Crippen LogP contribution in [-0.2, 0) is 0 Å². The number of hydrogen-bond acceptors (Lipinski definition) is 4. The molecule has 2 aliphatic heterocycles. The zero-order valence-electron chi connectivity index (χ0n) is 12.2. The van der Waals surface area contributed by atoms with E-state index >= 15 is 0 Å². The molecule has 3 rings (SSSR count). The highest BCUT2D eigenvalue weighted by atomic mass is 16.6. The molecule has 2 fully saturated rings. The van der Waals surface area contributed by atoms with Crippen LogP contribution in [0.3, 0.4) is 0 Å². The fourth-order valence-corrected chi connectivity index (χ4v) is 3.12. The van der Waals surface area contributed by atoms with E-state index in [0.717, 1.165) is 31.7 Å². The third-order valence-corrected chi connectivity index (χ3v) is 4.26. The first-order valence-corrected chi connectivity index (χ1v) is 7.70. The van der Waals surface area contributed by atoms with Crippen LogP contribution in [0.15, 0.2) is 30.1 Å². The smallest absolute Gasteiger partial charge is 0.269 e. The fourth-order valence-electron chi connectivity index (χ4n) is 3.12. The second-order valence-corrected chi connectivity index (χ2v) is 5.74. The molecule has 2 heterocycles. The summed E-state index contributed by atoms with van der Waals surface area (Å²) in [5.41, 5.74) is 1.19. The molecule has 0 aromatic heterocycles. The Kier molecular flexibility index (Phi) is 4.08.